The van der Waals surface area contributed by atoms with Gasteiger partial charge >= 0.3 is 11.9 Å². The van der Waals surface area contributed by atoms with Gasteiger partial charge in [0, 0.05) is 65.0 Å². The fraction of sp³-hybridized carbons (Fsp3) is 0.440. The minimum Gasteiger partial charge on any atom is -0.497 e. The van der Waals surface area contributed by atoms with Crippen molar-refractivity contribution in [2.45, 2.75) is 89.2 Å². The van der Waals surface area contributed by atoms with E-state index in [1.165, 1.54) is 24.3 Å². The van der Waals surface area contributed by atoms with E-state index < -0.39 is 53.2 Å². The Labute approximate surface area is 367 Å². The molecule has 13 nitrogen and oxygen atoms in total. The molecule has 2 saturated heterocycles. The van der Waals surface area contributed by atoms with Crippen LogP contribution in [0.5, 0.6) is 5.75 Å². The van der Waals surface area contributed by atoms with E-state index in [0.717, 1.165) is 75.6 Å². The average molecular weight is 856 g/mol. The van der Waals surface area contributed by atoms with Crippen molar-refractivity contribution >= 4 is 50.6 Å². The van der Waals surface area contributed by atoms with Crippen molar-refractivity contribution < 1.29 is 39.0 Å². The van der Waals surface area contributed by atoms with E-state index in [1.54, 1.807) is 14.2 Å². The number of benzene rings is 3. The molecule has 1 unspecified atom stereocenters. The van der Waals surface area contributed by atoms with Crippen LogP contribution < -0.4 is 10.1 Å². The van der Waals surface area contributed by atoms with Crippen LogP contribution in [0.1, 0.15) is 105 Å². The quantitative estimate of drug-likeness (QED) is 0.122. The number of nitrogens with one attached hydrogen (secondary N) is 1. The monoisotopic (exact) mass is 855 g/mol. The number of ether oxygens (including phenoxy) is 4. The first kappa shape index (κ1) is 41.6. The maximum Gasteiger partial charge on any atom is 0.339 e. The number of esters is 2. The summed E-state index contributed by atoms with van der Waals surface area (Å²) in [5.41, 5.74) is 6.71. The summed E-state index contributed by atoms with van der Waals surface area (Å²) in [4.78, 5) is 28.5. The Bertz CT molecular complexity index is 2720. The van der Waals surface area contributed by atoms with Crippen LogP contribution in [-0.4, -0.2) is 89.2 Å². The number of para-hydroxylation sites is 2. The standard InChI is InChI=1S/C50H57N5O8/c1-7-49-21-13-23-52(58)47(49)54-38-17-11-9-15-30(38)32(42(54)34(27-49)45(56)62-5)26-37-41(44(61-4)33-25-29(60-3)19-20-36(33)51-37)40-31-16-10-12-18-39(31)55-43(40)35(46(57)63-6)28-50(8-2)22-14-24-53(59)48(50)55/h9-12,15-20,25,27-28,37,41,44,47-48,51,58-59H,7-8,13-14,21-24,26H2,1-6H3/t37-,41+,44?,47+,48+,49-,50-/m0/s1. The van der Waals surface area contributed by atoms with Gasteiger partial charge in [-0.3, -0.25) is 0 Å². The van der Waals surface area contributed by atoms with Gasteiger partial charge in [0.1, 0.15) is 18.1 Å². The molecular formula is C50H57N5O8. The van der Waals surface area contributed by atoms with Crippen LogP contribution in [0, 0.1) is 10.8 Å². The minimum absolute atomic E-state index is 0.400. The van der Waals surface area contributed by atoms with Crippen LogP contribution in [0.25, 0.3) is 33.0 Å². The van der Waals surface area contributed by atoms with Crippen molar-refractivity contribution in [2.24, 2.45) is 10.8 Å². The molecule has 2 fully saturated rings. The maximum absolute atomic E-state index is 14.3. The molecular weight excluding hydrogens is 799 g/mol. The van der Waals surface area contributed by atoms with E-state index in [4.69, 9.17) is 18.9 Å². The fourth-order valence-corrected chi connectivity index (χ4v) is 12.5. The first-order chi connectivity index (χ1) is 30.6. The van der Waals surface area contributed by atoms with E-state index in [-0.39, 0.29) is 0 Å². The molecule has 0 amide bonds. The molecule has 0 radical (unpaired) electrons. The average Bonchev–Trinajstić information content (AvgIpc) is 3.82. The first-order valence-corrected chi connectivity index (χ1v) is 22.3. The smallest absolute Gasteiger partial charge is 0.339 e. The maximum atomic E-state index is 14.3. The molecule has 63 heavy (non-hydrogen) atoms. The summed E-state index contributed by atoms with van der Waals surface area (Å²) >= 11 is 0. The number of nitrogens with zero attached hydrogens (tertiary/aromatic N) is 4. The van der Waals surface area contributed by atoms with Gasteiger partial charge in [-0.2, -0.15) is 10.1 Å². The lowest BCUT2D eigenvalue weighted by Gasteiger charge is -2.50. The van der Waals surface area contributed by atoms with Crippen LogP contribution in [0.3, 0.4) is 0 Å². The predicted octanol–water partition coefficient (Wildman–Crippen LogP) is 9.01. The molecule has 13 heteroatoms. The van der Waals surface area contributed by atoms with Gasteiger partial charge < -0.3 is 43.8 Å². The van der Waals surface area contributed by atoms with Gasteiger partial charge in [0.05, 0.1) is 61.0 Å². The van der Waals surface area contributed by atoms with Crippen molar-refractivity contribution in [3.8, 4) is 5.75 Å². The SMILES string of the molecule is CC[C@]12C=C(C(=O)OC)c3c(C[C@@H]4Nc5ccc(OC)cc5C(OC)[C@H]4c4c5n(c6ccccc46)[C@H]4N(O)CCC[C@@]4(CC)C=C5C(=O)OC)c4ccccc4n3[C@H]1N(O)CCC2. The number of piperidine rings is 2. The number of anilines is 1. The summed E-state index contributed by atoms with van der Waals surface area (Å²) in [5.74, 6) is -0.655. The number of methoxy groups -OCH3 is 4. The zero-order chi connectivity index (χ0) is 43.9. The van der Waals surface area contributed by atoms with Crippen LogP contribution in [0.15, 0.2) is 78.9 Å². The molecule has 0 saturated carbocycles. The summed E-state index contributed by atoms with van der Waals surface area (Å²) in [6, 6.07) is 22.0. The van der Waals surface area contributed by atoms with E-state index in [2.05, 4.69) is 64.7 Å². The fourth-order valence-electron chi connectivity index (χ4n) is 12.5. The van der Waals surface area contributed by atoms with Crippen molar-refractivity contribution in [2.75, 3.05) is 46.8 Å². The molecule has 3 N–H and O–H groups in total. The number of carbonyl (C=O) groups excluding carboxylic acids is 2. The van der Waals surface area contributed by atoms with Gasteiger partial charge in [-0.15, -0.1) is 0 Å². The summed E-state index contributed by atoms with van der Waals surface area (Å²) in [7, 11) is 6.22. The van der Waals surface area contributed by atoms with Crippen molar-refractivity contribution in [3.05, 3.63) is 107 Å². The highest BCUT2D eigenvalue weighted by molar-refractivity contribution is 6.19. The van der Waals surface area contributed by atoms with Crippen molar-refractivity contribution in [1.82, 2.24) is 19.3 Å². The zero-order valence-electron chi connectivity index (χ0n) is 36.9. The second kappa shape index (κ2) is 15.7. The van der Waals surface area contributed by atoms with Gasteiger partial charge in [0.15, 0.2) is 0 Å². The Morgan fingerprint density at radius 3 is 1.87 bits per heavy atom. The third-order valence-electron chi connectivity index (χ3n) is 15.3. The number of hydrogen-bond acceptors (Lipinski definition) is 11. The molecule has 5 aliphatic heterocycles. The van der Waals surface area contributed by atoms with Crippen LogP contribution in [0.2, 0.25) is 0 Å². The van der Waals surface area contributed by atoms with Gasteiger partial charge in [-0.25, -0.2) is 9.59 Å². The highest BCUT2D eigenvalue weighted by Gasteiger charge is 2.53. The topological polar surface area (TPSA) is 140 Å². The minimum atomic E-state index is -0.551. The van der Waals surface area contributed by atoms with Gasteiger partial charge in [-0.1, -0.05) is 62.4 Å². The predicted molar refractivity (Wildman–Crippen MR) is 239 cm³/mol. The summed E-state index contributed by atoms with van der Waals surface area (Å²) in [6.07, 6.45) is 7.67. The number of hydroxylamine groups is 4. The summed E-state index contributed by atoms with van der Waals surface area (Å²) < 4.78 is 28.0. The Morgan fingerprint density at radius 1 is 0.746 bits per heavy atom. The van der Waals surface area contributed by atoms with Crippen molar-refractivity contribution in [1.29, 1.82) is 0 Å². The Kier molecular flexibility index (Phi) is 10.3. The molecule has 0 aliphatic carbocycles. The zero-order valence-corrected chi connectivity index (χ0v) is 36.9. The van der Waals surface area contributed by atoms with Crippen LogP contribution >= 0.6 is 0 Å². The highest BCUT2D eigenvalue weighted by Crippen LogP contribution is 2.59. The Hall–Kier alpha value is -5.44. The lowest BCUT2D eigenvalue weighted by molar-refractivity contribution is -0.203. The molecule has 7 atom stereocenters. The number of hydrogen-bond donors (Lipinski definition) is 3. The highest BCUT2D eigenvalue weighted by atomic mass is 16.5. The molecule has 0 spiro atoms. The third kappa shape index (κ3) is 6.00. The van der Waals surface area contributed by atoms with E-state index >= 15 is 0 Å². The second-order valence-electron chi connectivity index (χ2n) is 18.0. The molecule has 330 valence electrons. The van der Waals surface area contributed by atoms with Crippen LogP contribution in [0.4, 0.5) is 5.69 Å². The molecule has 7 heterocycles. The van der Waals surface area contributed by atoms with Gasteiger partial charge in [-0.05, 0) is 86.4 Å². The number of rotatable bonds is 9. The van der Waals surface area contributed by atoms with Crippen molar-refractivity contribution in [3.63, 3.8) is 0 Å². The number of carbonyl (C=O) groups is 2. The second-order valence-corrected chi connectivity index (χ2v) is 18.0. The van der Waals surface area contributed by atoms with E-state index in [9.17, 15) is 20.0 Å². The molecule has 5 aliphatic rings. The molecule has 0 bridgehead atoms. The van der Waals surface area contributed by atoms with E-state index in [1.807, 2.05) is 42.5 Å². The number of aromatic nitrogens is 2. The van der Waals surface area contributed by atoms with E-state index in [0.29, 0.717) is 54.9 Å². The number of fused-ring (bicyclic) bond motifs is 11. The molecule has 2 aromatic heterocycles. The largest absolute Gasteiger partial charge is 0.497 e. The normalized spacial score (nSPS) is 27.8. The Balaban J connectivity index is 1.27. The van der Waals surface area contributed by atoms with Crippen LogP contribution in [-0.2, 0) is 30.2 Å². The molecule has 5 aromatic rings. The molecule has 3 aromatic carbocycles. The lowest BCUT2D eigenvalue weighted by Crippen LogP contribution is -2.49. The third-order valence-corrected chi connectivity index (χ3v) is 15.3. The first-order valence-electron chi connectivity index (χ1n) is 22.3. The molecule has 10 rings (SSSR count). The summed E-state index contributed by atoms with van der Waals surface area (Å²) in [6.45, 7) is 5.24. The van der Waals surface area contributed by atoms with Gasteiger partial charge in [0.2, 0.25) is 0 Å². The summed E-state index contributed by atoms with van der Waals surface area (Å²) in [5, 5.41) is 32.5. The lowest BCUT2D eigenvalue weighted by atomic mass is 9.70. The van der Waals surface area contributed by atoms with Gasteiger partial charge in [0.25, 0.3) is 0 Å². The Morgan fingerprint density at radius 2 is 1.30 bits per heavy atom.